The van der Waals surface area contributed by atoms with E-state index in [1.165, 1.54) is 71.7 Å². The van der Waals surface area contributed by atoms with E-state index in [4.69, 9.17) is 4.74 Å². The zero-order chi connectivity index (χ0) is 16.4. The molecule has 1 saturated heterocycles. The van der Waals surface area contributed by atoms with Crippen LogP contribution in [-0.2, 0) is 30.7 Å². The lowest BCUT2D eigenvalue weighted by molar-refractivity contribution is 0.0172. The Hall–Kier alpha value is -1.17. The fraction of sp³-hybridized carbons (Fsp3) is 0.632. The van der Waals surface area contributed by atoms with Gasteiger partial charge in [-0.2, -0.15) is 5.10 Å². The van der Waals surface area contributed by atoms with Crippen LogP contribution >= 0.6 is 11.3 Å². The van der Waals surface area contributed by atoms with Gasteiger partial charge >= 0.3 is 0 Å². The highest BCUT2D eigenvalue weighted by molar-refractivity contribution is 7.12. The van der Waals surface area contributed by atoms with Gasteiger partial charge in [-0.1, -0.05) is 0 Å². The Bertz CT molecular complexity index is 672. The largest absolute Gasteiger partial charge is 0.373 e. The van der Waals surface area contributed by atoms with Crippen molar-refractivity contribution in [2.24, 2.45) is 0 Å². The van der Waals surface area contributed by atoms with Gasteiger partial charge in [0.2, 0.25) is 0 Å². The van der Waals surface area contributed by atoms with Crippen molar-refractivity contribution in [2.45, 2.75) is 64.1 Å². The van der Waals surface area contributed by atoms with E-state index in [2.05, 4.69) is 34.3 Å². The number of thiophene rings is 1. The summed E-state index contributed by atoms with van der Waals surface area (Å²) in [6.07, 6.45) is 8.98. The zero-order valence-electron chi connectivity index (χ0n) is 14.5. The maximum absolute atomic E-state index is 5.91. The van der Waals surface area contributed by atoms with Crippen molar-refractivity contribution in [3.63, 3.8) is 0 Å². The maximum atomic E-state index is 5.91. The Balaban J connectivity index is 1.37. The molecule has 0 unspecified atom stereocenters. The molecule has 1 aliphatic heterocycles. The first kappa shape index (κ1) is 16.3. The van der Waals surface area contributed by atoms with Crippen LogP contribution < -0.4 is 0 Å². The van der Waals surface area contributed by atoms with Gasteiger partial charge in [0.05, 0.1) is 11.8 Å². The van der Waals surface area contributed by atoms with Crippen LogP contribution in [0.1, 0.15) is 64.9 Å². The fourth-order valence-electron chi connectivity index (χ4n) is 3.88. The van der Waals surface area contributed by atoms with E-state index in [0.29, 0.717) is 6.10 Å². The van der Waals surface area contributed by atoms with Gasteiger partial charge in [-0.15, -0.1) is 11.3 Å². The van der Waals surface area contributed by atoms with Crippen molar-refractivity contribution < 1.29 is 4.74 Å². The third-order valence-electron chi connectivity index (χ3n) is 5.17. The maximum Gasteiger partial charge on any atom is 0.0916 e. The van der Waals surface area contributed by atoms with Crippen molar-refractivity contribution in [1.29, 1.82) is 0 Å². The molecule has 0 spiro atoms. The summed E-state index contributed by atoms with van der Waals surface area (Å²) in [5, 5.41) is 7.83. The van der Waals surface area contributed by atoms with Crippen LogP contribution in [0.15, 0.2) is 12.1 Å². The van der Waals surface area contributed by atoms with Gasteiger partial charge in [0, 0.05) is 35.1 Å². The quantitative estimate of drug-likeness (QED) is 0.882. The molecular weight excluding hydrogens is 318 g/mol. The molecule has 0 aromatic carbocycles. The number of aromatic nitrogens is 2. The third kappa shape index (κ3) is 3.58. The second-order valence-corrected chi connectivity index (χ2v) is 8.37. The van der Waals surface area contributed by atoms with Gasteiger partial charge in [-0.3, -0.25) is 10.00 Å². The lowest BCUT2D eigenvalue weighted by Crippen LogP contribution is -2.18. The number of rotatable bonds is 5. The van der Waals surface area contributed by atoms with Crippen LogP contribution in [-0.4, -0.2) is 28.8 Å². The summed E-state index contributed by atoms with van der Waals surface area (Å²) in [6, 6.07) is 4.54. The van der Waals surface area contributed by atoms with Gasteiger partial charge in [0.25, 0.3) is 0 Å². The van der Waals surface area contributed by atoms with E-state index in [1.54, 1.807) is 0 Å². The summed E-state index contributed by atoms with van der Waals surface area (Å²) in [4.78, 5) is 5.20. The van der Waals surface area contributed by atoms with E-state index in [9.17, 15) is 0 Å². The van der Waals surface area contributed by atoms with E-state index in [1.807, 2.05) is 11.3 Å². The number of H-pyrrole nitrogens is 1. The van der Waals surface area contributed by atoms with Crippen molar-refractivity contribution in [3.8, 4) is 0 Å². The van der Waals surface area contributed by atoms with E-state index in [0.717, 1.165) is 19.7 Å². The highest BCUT2D eigenvalue weighted by Crippen LogP contribution is 2.33. The normalized spacial score (nSPS) is 21.2. The van der Waals surface area contributed by atoms with Crippen LogP contribution in [0.25, 0.3) is 0 Å². The summed E-state index contributed by atoms with van der Waals surface area (Å²) >= 11 is 1.91. The van der Waals surface area contributed by atoms with Crippen LogP contribution in [0.3, 0.4) is 0 Å². The lowest BCUT2D eigenvalue weighted by Gasteiger charge is -2.21. The molecule has 24 heavy (non-hydrogen) atoms. The number of fused-ring (bicyclic) bond motifs is 1. The van der Waals surface area contributed by atoms with Crippen LogP contribution in [0.2, 0.25) is 0 Å². The third-order valence-corrected chi connectivity index (χ3v) is 6.33. The second-order valence-electron chi connectivity index (χ2n) is 7.17. The highest BCUT2D eigenvalue weighted by Gasteiger charge is 2.20. The minimum atomic E-state index is 0.334. The minimum Gasteiger partial charge on any atom is -0.373 e. The molecule has 3 heterocycles. The number of nitrogens with zero attached hydrogens (tertiary/aromatic N) is 2. The number of nitrogens with one attached hydrogen (secondary N) is 1. The molecule has 1 atom stereocenters. The molecule has 2 aromatic heterocycles. The second kappa shape index (κ2) is 7.38. The molecule has 0 amide bonds. The van der Waals surface area contributed by atoms with Crippen LogP contribution in [0.4, 0.5) is 0 Å². The first-order chi connectivity index (χ1) is 11.8. The molecule has 130 valence electrons. The summed E-state index contributed by atoms with van der Waals surface area (Å²) in [7, 11) is 2.19. The van der Waals surface area contributed by atoms with E-state index in [-0.39, 0.29) is 0 Å². The molecule has 0 saturated carbocycles. The monoisotopic (exact) mass is 345 g/mol. The Labute approximate surface area is 148 Å². The average molecular weight is 346 g/mol. The Morgan fingerprint density at radius 3 is 3.00 bits per heavy atom. The standard InChI is InChI=1S/C19H27N3OS/c1-22(13-17-15-6-2-3-7-16(15)20-21-17)12-14-9-10-19(24-14)18-8-4-5-11-23-18/h9-10,18H,2-8,11-13H2,1H3,(H,20,21)/t18-/m1/s1. The zero-order valence-corrected chi connectivity index (χ0v) is 15.3. The fourth-order valence-corrected chi connectivity index (χ4v) is 5.05. The van der Waals surface area contributed by atoms with Crippen molar-refractivity contribution >= 4 is 11.3 Å². The summed E-state index contributed by atoms with van der Waals surface area (Å²) in [5.41, 5.74) is 4.10. The van der Waals surface area contributed by atoms with Crippen LogP contribution in [0.5, 0.6) is 0 Å². The lowest BCUT2D eigenvalue weighted by atomic mass is 9.96. The SMILES string of the molecule is CN(Cc1ccc([C@H]2CCCCO2)s1)Cc1n[nH]c2c1CCCC2. The summed E-state index contributed by atoms with van der Waals surface area (Å²) < 4.78 is 5.91. The van der Waals surface area contributed by atoms with Gasteiger partial charge < -0.3 is 4.74 Å². The van der Waals surface area contributed by atoms with Gasteiger partial charge in [0.1, 0.15) is 0 Å². The summed E-state index contributed by atoms with van der Waals surface area (Å²) in [6.45, 7) is 2.83. The molecule has 4 rings (SSSR count). The van der Waals surface area contributed by atoms with Gasteiger partial charge in [-0.05, 0) is 69.7 Å². The van der Waals surface area contributed by atoms with Gasteiger partial charge in [-0.25, -0.2) is 0 Å². The van der Waals surface area contributed by atoms with Crippen LogP contribution in [0, 0.1) is 0 Å². The molecule has 4 nitrogen and oxygen atoms in total. The van der Waals surface area contributed by atoms with Crippen molar-refractivity contribution in [2.75, 3.05) is 13.7 Å². The first-order valence-corrected chi connectivity index (χ1v) is 10.0. The predicted molar refractivity (Wildman–Crippen MR) is 97.3 cm³/mol. The van der Waals surface area contributed by atoms with Gasteiger partial charge in [0.15, 0.2) is 0 Å². The number of hydrogen-bond donors (Lipinski definition) is 1. The van der Waals surface area contributed by atoms with Crippen molar-refractivity contribution in [1.82, 2.24) is 15.1 Å². The minimum absolute atomic E-state index is 0.334. The molecule has 1 fully saturated rings. The van der Waals surface area contributed by atoms with E-state index >= 15 is 0 Å². The smallest absolute Gasteiger partial charge is 0.0916 e. The number of aryl methyl sites for hydroxylation is 1. The van der Waals surface area contributed by atoms with Crippen molar-refractivity contribution in [3.05, 3.63) is 38.8 Å². The topological polar surface area (TPSA) is 41.1 Å². The Morgan fingerprint density at radius 2 is 2.12 bits per heavy atom. The molecule has 1 N–H and O–H groups in total. The number of ether oxygens (including phenoxy) is 1. The Kier molecular flexibility index (Phi) is 5.01. The molecule has 2 aliphatic rings. The molecule has 0 radical (unpaired) electrons. The first-order valence-electron chi connectivity index (χ1n) is 9.23. The molecule has 2 aromatic rings. The Morgan fingerprint density at radius 1 is 1.21 bits per heavy atom. The number of hydrogen-bond acceptors (Lipinski definition) is 4. The molecule has 5 heteroatoms. The number of aromatic amines is 1. The molecule has 0 bridgehead atoms. The highest BCUT2D eigenvalue weighted by atomic mass is 32.1. The molecule has 1 aliphatic carbocycles. The summed E-state index contributed by atoms with van der Waals surface area (Å²) in [5.74, 6) is 0. The molecular formula is C19H27N3OS. The van der Waals surface area contributed by atoms with E-state index < -0.39 is 0 Å². The average Bonchev–Trinajstić information content (AvgIpc) is 3.23. The predicted octanol–water partition coefficient (Wildman–Crippen LogP) is 4.22.